The highest BCUT2D eigenvalue weighted by atomic mass is 16.5. The second-order valence-corrected chi connectivity index (χ2v) is 7.11. The van der Waals surface area contributed by atoms with Crippen LogP contribution in [0.5, 0.6) is 0 Å². The van der Waals surface area contributed by atoms with Crippen molar-refractivity contribution in [3.8, 4) is 0 Å². The normalized spacial score (nSPS) is 16.9. The summed E-state index contributed by atoms with van der Waals surface area (Å²) in [5.41, 5.74) is 2.77. The van der Waals surface area contributed by atoms with Crippen molar-refractivity contribution >= 4 is 11.9 Å². The van der Waals surface area contributed by atoms with Crippen molar-refractivity contribution in [3.63, 3.8) is 0 Å². The van der Waals surface area contributed by atoms with Gasteiger partial charge in [-0.1, -0.05) is 12.1 Å². The molecule has 2 heterocycles. The minimum absolute atomic E-state index is 0.0102. The minimum Gasteiger partial charge on any atom is -0.478 e. The topological polar surface area (TPSA) is 84.7 Å². The Balaban J connectivity index is 1.71. The molecule has 1 N–H and O–H groups in total. The van der Waals surface area contributed by atoms with Crippen molar-refractivity contribution in [2.45, 2.75) is 39.2 Å². The molecule has 150 valence electrons. The summed E-state index contributed by atoms with van der Waals surface area (Å²) in [4.78, 5) is 26.1. The molecule has 1 fully saturated rings. The fraction of sp³-hybridized carbons (Fsp3) is 0.476. The summed E-state index contributed by atoms with van der Waals surface area (Å²) in [5, 5.41) is 13.5. The summed E-state index contributed by atoms with van der Waals surface area (Å²) < 4.78 is 7.14. The molecule has 0 saturated carbocycles. The second kappa shape index (κ2) is 9.01. The van der Waals surface area contributed by atoms with Crippen LogP contribution in [0.2, 0.25) is 0 Å². The van der Waals surface area contributed by atoms with Gasteiger partial charge in [0.05, 0.1) is 24.4 Å². The zero-order valence-electron chi connectivity index (χ0n) is 16.4. The molecule has 1 amide bonds. The lowest BCUT2D eigenvalue weighted by molar-refractivity contribution is 0.0685. The number of amides is 1. The van der Waals surface area contributed by atoms with Gasteiger partial charge in [0, 0.05) is 25.6 Å². The number of carbonyl (C=O) groups is 2. The Morgan fingerprint density at radius 1 is 1.29 bits per heavy atom. The summed E-state index contributed by atoms with van der Waals surface area (Å²) in [5.74, 6) is -0.729. The van der Waals surface area contributed by atoms with Crippen LogP contribution in [0.4, 0.5) is 0 Å². The predicted octanol–water partition coefficient (Wildman–Crippen LogP) is 2.95. The van der Waals surface area contributed by atoms with Crippen LogP contribution in [-0.2, 0) is 11.3 Å². The largest absolute Gasteiger partial charge is 0.478 e. The second-order valence-electron chi connectivity index (χ2n) is 7.11. The molecule has 1 saturated heterocycles. The van der Waals surface area contributed by atoms with Crippen LogP contribution in [-0.4, -0.2) is 58.0 Å². The number of benzene rings is 1. The average Bonchev–Trinajstić information content (AvgIpc) is 3.08. The number of carboxylic acid groups (broad SMARTS) is 1. The molecule has 0 bridgehead atoms. The van der Waals surface area contributed by atoms with E-state index in [0.29, 0.717) is 32.0 Å². The van der Waals surface area contributed by atoms with E-state index >= 15 is 0 Å². The van der Waals surface area contributed by atoms with Gasteiger partial charge in [-0.15, -0.1) is 0 Å². The summed E-state index contributed by atoms with van der Waals surface area (Å²) in [7, 11) is 0. The van der Waals surface area contributed by atoms with Crippen LogP contribution >= 0.6 is 0 Å². The zero-order valence-corrected chi connectivity index (χ0v) is 16.4. The molecule has 0 aliphatic carbocycles. The number of aromatic nitrogens is 2. The highest BCUT2D eigenvalue weighted by Gasteiger charge is 2.27. The van der Waals surface area contributed by atoms with Gasteiger partial charge < -0.3 is 14.7 Å². The number of hydrogen-bond donors (Lipinski definition) is 1. The Hall–Kier alpha value is -2.67. The average molecular weight is 385 g/mol. The Morgan fingerprint density at radius 2 is 2.04 bits per heavy atom. The fourth-order valence-corrected chi connectivity index (χ4v) is 3.68. The molecule has 1 aliphatic rings. The summed E-state index contributed by atoms with van der Waals surface area (Å²) in [6, 6.07) is 8.81. The first-order valence-corrected chi connectivity index (χ1v) is 9.74. The van der Waals surface area contributed by atoms with Crippen molar-refractivity contribution in [2.75, 3.05) is 26.3 Å². The number of likely N-dealkylation sites (tertiary alicyclic amines) is 1. The molecule has 2 aromatic rings. The number of rotatable bonds is 7. The Kier molecular flexibility index (Phi) is 6.46. The van der Waals surface area contributed by atoms with Gasteiger partial charge in [0.2, 0.25) is 0 Å². The number of carboxylic acids is 1. The van der Waals surface area contributed by atoms with Crippen LogP contribution in [0.25, 0.3) is 0 Å². The third-order valence-corrected chi connectivity index (χ3v) is 5.11. The number of aryl methyl sites for hydroxylation is 1. The maximum absolute atomic E-state index is 13.1. The molecule has 3 rings (SSSR count). The lowest BCUT2D eigenvalue weighted by atomic mass is 9.90. The molecular formula is C21H27N3O4. The summed E-state index contributed by atoms with van der Waals surface area (Å²) >= 11 is 0. The van der Waals surface area contributed by atoms with Crippen molar-refractivity contribution in [2.24, 2.45) is 0 Å². The number of carbonyl (C=O) groups excluding carboxylic acids is 1. The standard InChI is InChI=1S/C21H27N3O4/c1-3-28-12-11-24-19(13-15(2)22-24)20(25)23-10-4-5-18(14-23)16-6-8-17(9-7-16)21(26)27/h6-9,13,18H,3-5,10-12,14H2,1-2H3,(H,26,27)/t18-/m0/s1. The SMILES string of the molecule is CCOCCn1nc(C)cc1C(=O)N1CCC[C@H](c2ccc(C(=O)O)cc2)C1. The first kappa shape index (κ1) is 20.1. The summed E-state index contributed by atoms with van der Waals surface area (Å²) in [6.07, 6.45) is 1.90. The maximum atomic E-state index is 13.1. The first-order valence-electron chi connectivity index (χ1n) is 9.74. The molecule has 0 unspecified atom stereocenters. The van der Waals surface area contributed by atoms with Crippen LogP contribution in [0.1, 0.15) is 57.8 Å². The van der Waals surface area contributed by atoms with E-state index in [-0.39, 0.29) is 17.4 Å². The van der Waals surface area contributed by atoms with Gasteiger partial charge in [-0.2, -0.15) is 5.10 Å². The molecule has 1 aromatic heterocycles. The van der Waals surface area contributed by atoms with Gasteiger partial charge >= 0.3 is 5.97 Å². The zero-order chi connectivity index (χ0) is 20.1. The van der Waals surface area contributed by atoms with E-state index in [1.807, 2.05) is 36.9 Å². The molecule has 7 nitrogen and oxygen atoms in total. The number of ether oxygens (including phenoxy) is 1. The molecule has 7 heteroatoms. The number of aromatic carboxylic acids is 1. The highest BCUT2D eigenvalue weighted by Crippen LogP contribution is 2.28. The quantitative estimate of drug-likeness (QED) is 0.741. The molecule has 1 atom stereocenters. The van der Waals surface area contributed by atoms with Gasteiger partial charge in [-0.05, 0) is 50.5 Å². The predicted molar refractivity (Wildman–Crippen MR) is 105 cm³/mol. The molecule has 1 aromatic carbocycles. The smallest absolute Gasteiger partial charge is 0.335 e. The van der Waals surface area contributed by atoms with Crippen LogP contribution < -0.4 is 0 Å². The van der Waals surface area contributed by atoms with Gasteiger partial charge in [-0.3, -0.25) is 9.48 Å². The van der Waals surface area contributed by atoms with E-state index < -0.39 is 5.97 Å². The van der Waals surface area contributed by atoms with Gasteiger partial charge in [0.15, 0.2) is 0 Å². The maximum Gasteiger partial charge on any atom is 0.335 e. The third kappa shape index (κ3) is 4.59. The van der Waals surface area contributed by atoms with E-state index in [0.717, 1.165) is 30.6 Å². The monoisotopic (exact) mass is 385 g/mol. The van der Waals surface area contributed by atoms with Gasteiger partial charge in [0.25, 0.3) is 5.91 Å². The Morgan fingerprint density at radius 3 is 2.71 bits per heavy atom. The van der Waals surface area contributed by atoms with Gasteiger partial charge in [-0.25, -0.2) is 4.79 Å². The van der Waals surface area contributed by atoms with E-state index in [1.165, 1.54) is 0 Å². The number of hydrogen-bond acceptors (Lipinski definition) is 4. The molecule has 28 heavy (non-hydrogen) atoms. The van der Waals surface area contributed by atoms with Crippen molar-refractivity contribution < 1.29 is 19.4 Å². The fourth-order valence-electron chi connectivity index (χ4n) is 3.68. The Bertz CT molecular complexity index is 829. The number of nitrogens with zero attached hydrogens (tertiary/aromatic N) is 3. The molecule has 0 spiro atoms. The molecule has 1 aliphatic heterocycles. The van der Waals surface area contributed by atoms with Crippen LogP contribution in [0.15, 0.2) is 30.3 Å². The van der Waals surface area contributed by atoms with Gasteiger partial charge in [0.1, 0.15) is 5.69 Å². The highest BCUT2D eigenvalue weighted by molar-refractivity contribution is 5.93. The van der Waals surface area contributed by atoms with E-state index in [1.54, 1.807) is 16.8 Å². The van der Waals surface area contributed by atoms with Crippen molar-refractivity contribution in [1.82, 2.24) is 14.7 Å². The molecular weight excluding hydrogens is 358 g/mol. The summed E-state index contributed by atoms with van der Waals surface area (Å²) in [6.45, 7) is 6.89. The first-order chi connectivity index (χ1) is 13.5. The van der Waals surface area contributed by atoms with Crippen molar-refractivity contribution in [3.05, 3.63) is 52.8 Å². The van der Waals surface area contributed by atoms with Crippen molar-refractivity contribution in [1.29, 1.82) is 0 Å². The minimum atomic E-state index is -0.928. The third-order valence-electron chi connectivity index (χ3n) is 5.11. The van der Waals surface area contributed by atoms with E-state index in [2.05, 4.69) is 5.10 Å². The lowest BCUT2D eigenvalue weighted by Crippen LogP contribution is -2.40. The Labute approximate surface area is 164 Å². The van der Waals surface area contributed by atoms with Crippen LogP contribution in [0.3, 0.4) is 0 Å². The molecule has 0 radical (unpaired) electrons. The van der Waals surface area contributed by atoms with Crippen LogP contribution in [0, 0.1) is 6.92 Å². The van der Waals surface area contributed by atoms with E-state index in [9.17, 15) is 9.59 Å². The lowest BCUT2D eigenvalue weighted by Gasteiger charge is -2.33. The number of piperidine rings is 1. The van der Waals surface area contributed by atoms with E-state index in [4.69, 9.17) is 9.84 Å².